The van der Waals surface area contributed by atoms with Gasteiger partial charge in [0.1, 0.15) is 29.8 Å². The molecule has 3 aliphatic rings. The minimum atomic E-state index is -1.08. The lowest BCUT2D eigenvalue weighted by Gasteiger charge is -2.39. The van der Waals surface area contributed by atoms with Crippen molar-refractivity contribution in [2.45, 2.75) is 37.3 Å². The Labute approximate surface area is 264 Å². The lowest BCUT2D eigenvalue weighted by atomic mass is 9.95. The van der Waals surface area contributed by atoms with Crippen LogP contribution in [0.5, 0.6) is 6.01 Å². The van der Waals surface area contributed by atoms with Crippen molar-refractivity contribution in [3.63, 3.8) is 0 Å². The van der Waals surface area contributed by atoms with Crippen LogP contribution in [-0.4, -0.2) is 83.1 Å². The van der Waals surface area contributed by atoms with Crippen molar-refractivity contribution >= 4 is 33.4 Å². The van der Waals surface area contributed by atoms with Gasteiger partial charge in [-0.05, 0) is 61.9 Å². The maximum atomic E-state index is 16.7. The molecule has 0 aliphatic carbocycles. The molecule has 11 heteroatoms. The van der Waals surface area contributed by atoms with E-state index in [1.165, 1.54) is 11.0 Å². The predicted molar refractivity (Wildman–Crippen MR) is 170 cm³/mol. The zero-order valence-electron chi connectivity index (χ0n) is 25.3. The Morgan fingerprint density at radius 3 is 2.52 bits per heavy atom. The standard InChI is InChI=1S/C35H33F3N6O2/c1-22(36)33(45)44-18-17-42(20-24(44)19-39-2)32-27-12-11-26(25-9-3-7-23-8-4-10-28(37)29(23)25)30(38)31(27)40-34(41-32)46-21-35-13-5-15-43(35)16-6-14-35/h3-4,7-12,24H,1,5-6,13-21H2/t24-/m0/s1. The highest BCUT2D eigenvalue weighted by atomic mass is 19.1. The number of benzene rings is 3. The molecule has 0 spiro atoms. The Balaban J connectivity index is 1.33. The maximum absolute atomic E-state index is 16.7. The summed E-state index contributed by atoms with van der Waals surface area (Å²) in [5.41, 5.74) is 0.522. The number of ether oxygens (including phenoxy) is 1. The molecule has 0 bridgehead atoms. The third-order valence-electron chi connectivity index (χ3n) is 9.77. The number of hydrogen-bond acceptors (Lipinski definition) is 6. The van der Waals surface area contributed by atoms with E-state index in [-0.39, 0.29) is 48.8 Å². The van der Waals surface area contributed by atoms with Crippen LogP contribution >= 0.6 is 0 Å². The number of nitrogens with zero attached hydrogens (tertiary/aromatic N) is 6. The second-order valence-corrected chi connectivity index (χ2v) is 12.3. The van der Waals surface area contributed by atoms with E-state index in [9.17, 15) is 9.18 Å². The molecule has 46 heavy (non-hydrogen) atoms. The summed E-state index contributed by atoms with van der Waals surface area (Å²) in [6, 6.07) is 12.7. The van der Waals surface area contributed by atoms with E-state index < -0.39 is 29.4 Å². The summed E-state index contributed by atoms with van der Waals surface area (Å²) in [4.78, 5) is 31.0. The van der Waals surface area contributed by atoms with E-state index in [4.69, 9.17) is 16.3 Å². The van der Waals surface area contributed by atoms with Crippen LogP contribution < -0.4 is 9.64 Å². The van der Waals surface area contributed by atoms with Crippen LogP contribution in [0.2, 0.25) is 0 Å². The topological polar surface area (TPSA) is 66.2 Å². The average Bonchev–Trinajstić information content (AvgIpc) is 3.64. The molecule has 0 saturated carbocycles. The lowest BCUT2D eigenvalue weighted by molar-refractivity contribution is -0.131. The molecular weight excluding hydrogens is 593 g/mol. The summed E-state index contributed by atoms with van der Waals surface area (Å²) in [6.45, 7) is 13.5. The summed E-state index contributed by atoms with van der Waals surface area (Å²) in [6.07, 6.45) is 4.19. The number of aromatic nitrogens is 2. The molecular formula is C35H33F3N6O2. The molecule has 8 nitrogen and oxygen atoms in total. The van der Waals surface area contributed by atoms with Crippen LogP contribution in [0.25, 0.3) is 37.6 Å². The van der Waals surface area contributed by atoms with Crippen molar-refractivity contribution in [3.05, 3.63) is 84.0 Å². The summed E-state index contributed by atoms with van der Waals surface area (Å²) in [5.74, 6) is -2.63. The first-order valence-electron chi connectivity index (χ1n) is 15.6. The minimum Gasteiger partial charge on any atom is -0.461 e. The number of amides is 1. The molecule has 0 radical (unpaired) electrons. The molecule has 0 N–H and O–H groups in total. The van der Waals surface area contributed by atoms with Gasteiger partial charge in [0, 0.05) is 36.0 Å². The fraction of sp³-hybridized carbons (Fsp3) is 0.371. The molecule has 7 rings (SSSR count). The molecule has 3 aromatic carbocycles. The molecule has 4 aromatic rings. The molecule has 4 heterocycles. The Morgan fingerprint density at radius 2 is 1.78 bits per heavy atom. The molecule has 3 fully saturated rings. The van der Waals surface area contributed by atoms with Gasteiger partial charge in [0.2, 0.25) is 6.54 Å². The monoisotopic (exact) mass is 626 g/mol. The van der Waals surface area contributed by atoms with Gasteiger partial charge in [0.05, 0.1) is 5.54 Å². The van der Waals surface area contributed by atoms with Crippen LogP contribution in [0.1, 0.15) is 25.7 Å². The highest BCUT2D eigenvalue weighted by Gasteiger charge is 2.45. The number of carbonyl (C=O) groups is 1. The van der Waals surface area contributed by atoms with Crippen molar-refractivity contribution in [2.24, 2.45) is 0 Å². The quantitative estimate of drug-likeness (QED) is 0.181. The van der Waals surface area contributed by atoms with Crippen LogP contribution in [0, 0.1) is 18.2 Å². The first-order valence-corrected chi connectivity index (χ1v) is 15.6. The first kappa shape index (κ1) is 30.0. The van der Waals surface area contributed by atoms with Crippen molar-refractivity contribution in [3.8, 4) is 17.1 Å². The Morgan fingerprint density at radius 1 is 1.02 bits per heavy atom. The van der Waals surface area contributed by atoms with Gasteiger partial charge in [-0.15, -0.1) is 0 Å². The second kappa shape index (κ2) is 11.9. The molecule has 236 valence electrons. The fourth-order valence-electron chi connectivity index (χ4n) is 7.55. The largest absolute Gasteiger partial charge is 0.461 e. The molecule has 1 amide bonds. The van der Waals surface area contributed by atoms with Crippen LogP contribution in [-0.2, 0) is 4.79 Å². The third-order valence-corrected chi connectivity index (χ3v) is 9.77. The van der Waals surface area contributed by atoms with E-state index in [0.717, 1.165) is 38.8 Å². The average molecular weight is 627 g/mol. The van der Waals surface area contributed by atoms with E-state index in [1.54, 1.807) is 42.5 Å². The van der Waals surface area contributed by atoms with Crippen molar-refractivity contribution in [1.29, 1.82) is 0 Å². The Bertz CT molecular complexity index is 1890. The highest BCUT2D eigenvalue weighted by molar-refractivity contribution is 6.01. The summed E-state index contributed by atoms with van der Waals surface area (Å²) < 4.78 is 51.9. The van der Waals surface area contributed by atoms with Gasteiger partial charge in [-0.1, -0.05) is 43.0 Å². The lowest BCUT2D eigenvalue weighted by Crippen LogP contribution is -2.56. The van der Waals surface area contributed by atoms with Crippen molar-refractivity contribution in [2.75, 3.05) is 50.8 Å². The summed E-state index contributed by atoms with van der Waals surface area (Å²) in [7, 11) is 0. The number of halogens is 3. The van der Waals surface area contributed by atoms with Gasteiger partial charge in [0.25, 0.3) is 5.91 Å². The molecule has 1 aromatic heterocycles. The number of rotatable bonds is 7. The van der Waals surface area contributed by atoms with E-state index in [0.29, 0.717) is 34.1 Å². The van der Waals surface area contributed by atoms with Crippen molar-refractivity contribution < 1.29 is 22.7 Å². The number of hydrogen-bond donors (Lipinski definition) is 0. The SMILES string of the molecule is [C-]#[N+]C[C@H]1CN(c2nc(OCC34CCCN3CCC4)nc3c(F)c(-c4cccc5cccc(F)c45)ccc23)CCN1C(=O)C(=C)F. The number of piperazine rings is 1. The van der Waals surface area contributed by atoms with E-state index in [1.807, 2.05) is 4.90 Å². The fourth-order valence-corrected chi connectivity index (χ4v) is 7.55. The molecule has 3 aliphatic heterocycles. The zero-order chi connectivity index (χ0) is 32.0. The van der Waals surface area contributed by atoms with Gasteiger partial charge in [-0.2, -0.15) is 9.97 Å². The van der Waals surface area contributed by atoms with E-state index >= 15 is 8.78 Å². The molecule has 3 saturated heterocycles. The normalized spacial score (nSPS) is 19.4. The van der Waals surface area contributed by atoms with Gasteiger partial charge < -0.3 is 19.4 Å². The second-order valence-electron chi connectivity index (χ2n) is 12.3. The molecule has 0 unspecified atom stereocenters. The van der Waals surface area contributed by atoms with Gasteiger partial charge in [-0.25, -0.2) is 19.7 Å². The first-order chi connectivity index (χ1) is 22.3. The Hall–Kier alpha value is -4.69. The third kappa shape index (κ3) is 5.10. The minimum absolute atomic E-state index is 0.0214. The van der Waals surface area contributed by atoms with E-state index in [2.05, 4.69) is 21.3 Å². The predicted octanol–water partition coefficient (Wildman–Crippen LogP) is 6.16. The van der Waals surface area contributed by atoms with Crippen LogP contribution in [0.3, 0.4) is 0 Å². The van der Waals surface area contributed by atoms with Crippen LogP contribution in [0.15, 0.2) is 60.9 Å². The maximum Gasteiger partial charge on any atom is 0.319 e. The number of fused-ring (bicyclic) bond motifs is 3. The summed E-state index contributed by atoms with van der Waals surface area (Å²) >= 11 is 0. The van der Waals surface area contributed by atoms with Crippen LogP contribution in [0.4, 0.5) is 19.0 Å². The van der Waals surface area contributed by atoms with Crippen molar-refractivity contribution in [1.82, 2.24) is 19.8 Å². The smallest absolute Gasteiger partial charge is 0.319 e. The Kier molecular flexibility index (Phi) is 7.77. The molecule has 1 atom stereocenters. The zero-order valence-corrected chi connectivity index (χ0v) is 25.3. The highest BCUT2D eigenvalue weighted by Crippen LogP contribution is 2.40. The van der Waals surface area contributed by atoms with Gasteiger partial charge >= 0.3 is 6.01 Å². The van der Waals surface area contributed by atoms with Gasteiger partial charge in [-0.3, -0.25) is 9.69 Å². The number of carbonyl (C=O) groups excluding carboxylic acids is 1. The number of anilines is 1. The summed E-state index contributed by atoms with van der Waals surface area (Å²) in [5, 5.41) is 1.37. The van der Waals surface area contributed by atoms with Gasteiger partial charge in [0.15, 0.2) is 11.6 Å².